The fraction of sp³-hybridized carbons (Fsp3) is 0.444. The summed E-state index contributed by atoms with van der Waals surface area (Å²) in [6, 6.07) is 10.5. The van der Waals surface area contributed by atoms with Crippen LogP contribution in [-0.4, -0.2) is 81.4 Å². The largest absolute Gasteiger partial charge is 0.493 e. The van der Waals surface area contributed by atoms with E-state index in [0.29, 0.717) is 36.1 Å². The van der Waals surface area contributed by atoms with Gasteiger partial charge in [0.05, 0.1) is 20.8 Å². The van der Waals surface area contributed by atoms with Gasteiger partial charge in [0.2, 0.25) is 18.7 Å². The first-order valence-electron chi connectivity index (χ1n) is 12.6. The number of rotatable bonds is 7. The molecule has 11 heteroatoms. The number of piperazine rings is 1. The molecule has 1 amide bonds. The lowest BCUT2D eigenvalue weighted by atomic mass is 9.91. The van der Waals surface area contributed by atoms with Crippen LogP contribution >= 0.6 is 0 Å². The summed E-state index contributed by atoms with van der Waals surface area (Å²) in [4.78, 5) is 35.2. The Bertz CT molecular complexity index is 1230. The van der Waals surface area contributed by atoms with Crippen molar-refractivity contribution < 1.29 is 33.3 Å². The van der Waals surface area contributed by atoms with E-state index in [4.69, 9.17) is 28.7 Å². The number of hydrogen-bond acceptors (Lipinski definition) is 10. The molecule has 2 aromatic carbocycles. The van der Waals surface area contributed by atoms with Crippen molar-refractivity contribution in [2.24, 2.45) is 10.9 Å². The Morgan fingerprint density at radius 1 is 1.03 bits per heavy atom. The standard InChI is InChI=1S/C27H32N4O7/c1-4-36-26(33)23-24(18-6-8-19(34-2)21(14-18)35-3)28-27(29-25(23)32)31-11-9-30(10-12-31)15-17-5-7-20-22(13-17)38-16-37-20/h5-8,13-14,23-24H,4,9-12,15-16H2,1-3H3,(H,28,29,32)/t23-,24-/m0/s1. The SMILES string of the molecule is CCOC(=O)[C@@H]1C(=O)NC(N2CCN(Cc3ccc4c(c3)OCO4)CC2)=N[C@H]1c1ccc(OC)c(OC)c1. The Labute approximate surface area is 221 Å². The minimum Gasteiger partial charge on any atom is -0.493 e. The van der Waals surface area contributed by atoms with Gasteiger partial charge in [-0.25, -0.2) is 4.99 Å². The van der Waals surface area contributed by atoms with Crippen LogP contribution in [0.15, 0.2) is 41.4 Å². The van der Waals surface area contributed by atoms with Crippen LogP contribution in [0.3, 0.4) is 0 Å². The fourth-order valence-electron chi connectivity index (χ4n) is 4.92. The number of carbonyl (C=O) groups is 2. The molecule has 0 unspecified atom stereocenters. The fourth-order valence-corrected chi connectivity index (χ4v) is 4.92. The molecule has 0 radical (unpaired) electrons. The van der Waals surface area contributed by atoms with Crippen LogP contribution in [0.2, 0.25) is 0 Å². The van der Waals surface area contributed by atoms with Gasteiger partial charge in [0.1, 0.15) is 6.04 Å². The summed E-state index contributed by atoms with van der Waals surface area (Å²) >= 11 is 0. The van der Waals surface area contributed by atoms with Crippen molar-refractivity contribution in [3.63, 3.8) is 0 Å². The first kappa shape index (κ1) is 25.7. The van der Waals surface area contributed by atoms with Gasteiger partial charge in [0.15, 0.2) is 28.9 Å². The monoisotopic (exact) mass is 524 g/mol. The normalized spacial score (nSPS) is 21.0. The Balaban J connectivity index is 1.33. The second-order valence-electron chi connectivity index (χ2n) is 9.18. The second kappa shape index (κ2) is 11.2. The van der Waals surface area contributed by atoms with Gasteiger partial charge >= 0.3 is 5.97 Å². The zero-order valence-corrected chi connectivity index (χ0v) is 21.8. The third-order valence-corrected chi connectivity index (χ3v) is 6.90. The first-order chi connectivity index (χ1) is 18.5. The number of amides is 1. The number of ether oxygens (including phenoxy) is 5. The molecule has 0 aliphatic carbocycles. The van der Waals surface area contributed by atoms with Crippen molar-refractivity contribution in [1.82, 2.24) is 15.1 Å². The lowest BCUT2D eigenvalue weighted by Gasteiger charge is -2.39. The molecule has 2 aromatic rings. The van der Waals surface area contributed by atoms with Gasteiger partial charge in [-0.3, -0.25) is 19.8 Å². The third-order valence-electron chi connectivity index (χ3n) is 6.90. The van der Waals surface area contributed by atoms with Crippen molar-refractivity contribution >= 4 is 17.8 Å². The minimum absolute atomic E-state index is 0.170. The summed E-state index contributed by atoms with van der Waals surface area (Å²) < 4.78 is 26.9. The lowest BCUT2D eigenvalue weighted by Crippen LogP contribution is -2.57. The molecule has 1 saturated heterocycles. The number of carbonyl (C=O) groups excluding carboxylic acids is 2. The number of aliphatic imine (C=N–C) groups is 1. The molecule has 3 heterocycles. The molecule has 3 aliphatic heterocycles. The summed E-state index contributed by atoms with van der Waals surface area (Å²) in [6.45, 7) is 5.83. The highest BCUT2D eigenvalue weighted by atomic mass is 16.7. The molecule has 0 aromatic heterocycles. The van der Waals surface area contributed by atoms with Gasteiger partial charge in [0.25, 0.3) is 0 Å². The van der Waals surface area contributed by atoms with Gasteiger partial charge in [-0.2, -0.15) is 0 Å². The average molecular weight is 525 g/mol. The van der Waals surface area contributed by atoms with Crippen LogP contribution in [0.5, 0.6) is 23.0 Å². The van der Waals surface area contributed by atoms with Crippen molar-refractivity contribution in [3.8, 4) is 23.0 Å². The van der Waals surface area contributed by atoms with Gasteiger partial charge in [-0.1, -0.05) is 12.1 Å². The van der Waals surface area contributed by atoms with Gasteiger partial charge < -0.3 is 28.6 Å². The summed E-state index contributed by atoms with van der Waals surface area (Å²) in [5, 5.41) is 2.85. The number of guanidine groups is 1. The number of hydrogen-bond donors (Lipinski definition) is 1. The Morgan fingerprint density at radius 2 is 1.79 bits per heavy atom. The molecule has 1 N–H and O–H groups in total. The van der Waals surface area contributed by atoms with E-state index in [1.807, 2.05) is 17.0 Å². The summed E-state index contributed by atoms with van der Waals surface area (Å²) in [7, 11) is 3.09. The molecule has 0 bridgehead atoms. The van der Waals surface area contributed by atoms with E-state index < -0.39 is 23.8 Å². The maximum Gasteiger partial charge on any atom is 0.321 e. The molecule has 5 rings (SSSR count). The molecule has 38 heavy (non-hydrogen) atoms. The molecule has 0 saturated carbocycles. The van der Waals surface area contributed by atoms with Gasteiger partial charge in [-0.15, -0.1) is 0 Å². The highest BCUT2D eigenvalue weighted by Gasteiger charge is 2.42. The summed E-state index contributed by atoms with van der Waals surface area (Å²) in [6.07, 6.45) is 0. The Kier molecular flexibility index (Phi) is 7.54. The zero-order chi connectivity index (χ0) is 26.6. The van der Waals surface area contributed by atoms with E-state index in [0.717, 1.165) is 36.7 Å². The Hall–Kier alpha value is -3.99. The highest BCUT2D eigenvalue weighted by Crippen LogP contribution is 2.37. The maximum atomic E-state index is 13.2. The van der Waals surface area contributed by atoms with E-state index in [-0.39, 0.29) is 13.4 Å². The van der Waals surface area contributed by atoms with E-state index in [1.165, 1.54) is 7.11 Å². The quantitative estimate of drug-likeness (QED) is 0.429. The molecular formula is C27H32N4O7. The smallest absolute Gasteiger partial charge is 0.321 e. The number of esters is 1. The van der Waals surface area contributed by atoms with Crippen LogP contribution in [0.4, 0.5) is 0 Å². The molecular weight excluding hydrogens is 492 g/mol. The average Bonchev–Trinajstić information content (AvgIpc) is 3.40. The van der Waals surface area contributed by atoms with E-state index >= 15 is 0 Å². The zero-order valence-electron chi connectivity index (χ0n) is 21.8. The van der Waals surface area contributed by atoms with E-state index in [2.05, 4.69) is 16.3 Å². The molecule has 0 spiro atoms. The second-order valence-corrected chi connectivity index (χ2v) is 9.18. The predicted molar refractivity (Wildman–Crippen MR) is 137 cm³/mol. The van der Waals surface area contributed by atoms with Crippen LogP contribution in [0, 0.1) is 5.92 Å². The molecule has 202 valence electrons. The number of nitrogens with zero attached hydrogens (tertiary/aromatic N) is 3. The summed E-state index contributed by atoms with van der Waals surface area (Å²) in [5.41, 5.74) is 1.81. The number of fused-ring (bicyclic) bond motifs is 1. The van der Waals surface area contributed by atoms with E-state index in [9.17, 15) is 9.59 Å². The molecule has 2 atom stereocenters. The predicted octanol–water partition coefficient (Wildman–Crippen LogP) is 1.96. The molecule has 1 fully saturated rings. The van der Waals surface area contributed by atoms with Crippen molar-refractivity contribution in [2.45, 2.75) is 19.5 Å². The maximum absolute atomic E-state index is 13.2. The van der Waals surface area contributed by atoms with E-state index in [1.54, 1.807) is 32.2 Å². The number of benzene rings is 2. The Morgan fingerprint density at radius 3 is 2.53 bits per heavy atom. The molecule has 11 nitrogen and oxygen atoms in total. The summed E-state index contributed by atoms with van der Waals surface area (Å²) in [5.74, 6) is 0.895. The van der Waals surface area contributed by atoms with Crippen LogP contribution < -0.4 is 24.3 Å². The van der Waals surface area contributed by atoms with Crippen LogP contribution in [0.25, 0.3) is 0 Å². The van der Waals surface area contributed by atoms with Crippen molar-refractivity contribution in [1.29, 1.82) is 0 Å². The number of methoxy groups -OCH3 is 2. The topological polar surface area (TPSA) is 111 Å². The van der Waals surface area contributed by atoms with Crippen LogP contribution in [-0.2, 0) is 20.9 Å². The van der Waals surface area contributed by atoms with Gasteiger partial charge in [-0.05, 0) is 42.3 Å². The molecule has 3 aliphatic rings. The van der Waals surface area contributed by atoms with Crippen molar-refractivity contribution in [2.75, 3.05) is 53.8 Å². The first-order valence-corrected chi connectivity index (χ1v) is 12.6. The van der Waals surface area contributed by atoms with Crippen LogP contribution in [0.1, 0.15) is 24.1 Å². The highest BCUT2D eigenvalue weighted by molar-refractivity contribution is 6.08. The lowest BCUT2D eigenvalue weighted by molar-refractivity contribution is -0.153. The number of nitrogens with one attached hydrogen (secondary N) is 1. The van der Waals surface area contributed by atoms with Crippen molar-refractivity contribution in [3.05, 3.63) is 47.5 Å². The van der Waals surface area contributed by atoms with Gasteiger partial charge in [0, 0.05) is 32.7 Å². The minimum atomic E-state index is -1.11. The third kappa shape index (κ3) is 5.19.